The highest BCUT2D eigenvalue weighted by Crippen LogP contribution is 2.38. The maximum atomic E-state index is 13.7. The molecule has 0 saturated heterocycles. The molecule has 1 unspecified atom stereocenters. The summed E-state index contributed by atoms with van der Waals surface area (Å²) in [5.41, 5.74) is 0.181. The Hall–Kier alpha value is -1.78. The lowest BCUT2D eigenvalue weighted by atomic mass is 10.0. The number of carboxylic acids is 1. The second-order valence-electron chi connectivity index (χ2n) is 3.48. The van der Waals surface area contributed by atoms with Gasteiger partial charge >= 0.3 is 5.97 Å². The van der Waals surface area contributed by atoms with Crippen molar-refractivity contribution in [2.24, 2.45) is 0 Å². The van der Waals surface area contributed by atoms with Crippen LogP contribution in [0.15, 0.2) is 12.1 Å². The molecule has 1 N–H and O–H groups in total. The van der Waals surface area contributed by atoms with Crippen molar-refractivity contribution in [2.75, 3.05) is 14.2 Å². The van der Waals surface area contributed by atoms with Gasteiger partial charge in [-0.15, -0.1) is 0 Å². The molecule has 0 heterocycles. The largest absolute Gasteiger partial charge is 0.493 e. The molecule has 17 heavy (non-hydrogen) atoms. The number of carboxylic acid groups (broad SMARTS) is 1. The molecule has 1 atom stereocenters. The van der Waals surface area contributed by atoms with Gasteiger partial charge in [0.15, 0.2) is 11.5 Å². The summed E-state index contributed by atoms with van der Waals surface area (Å²) in [6.45, 7) is 1.67. The van der Waals surface area contributed by atoms with Crippen LogP contribution in [-0.2, 0) is 0 Å². The molecule has 0 spiro atoms. The zero-order chi connectivity index (χ0) is 13.0. The summed E-state index contributed by atoms with van der Waals surface area (Å²) in [4.78, 5) is 10.9. The third kappa shape index (κ3) is 2.67. The number of benzene rings is 1. The fourth-order valence-corrected chi connectivity index (χ4v) is 1.57. The second-order valence-corrected chi connectivity index (χ2v) is 3.48. The Kier molecular flexibility index (Phi) is 4.31. The van der Waals surface area contributed by atoms with Crippen molar-refractivity contribution in [3.63, 3.8) is 0 Å². The number of aromatic carboxylic acids is 1. The zero-order valence-corrected chi connectivity index (χ0v) is 9.99. The Bertz CT molecular complexity index is 417. The van der Waals surface area contributed by atoms with Crippen LogP contribution in [-0.4, -0.2) is 25.3 Å². The van der Waals surface area contributed by atoms with Gasteiger partial charge in [-0.2, -0.15) is 0 Å². The van der Waals surface area contributed by atoms with Gasteiger partial charge in [-0.1, -0.05) is 6.92 Å². The van der Waals surface area contributed by atoms with E-state index in [1.807, 2.05) is 0 Å². The van der Waals surface area contributed by atoms with E-state index in [1.165, 1.54) is 26.4 Å². The van der Waals surface area contributed by atoms with Crippen LogP contribution in [0.5, 0.6) is 11.5 Å². The molecule has 1 rings (SSSR count). The predicted octanol–water partition coefficient (Wildman–Crippen LogP) is 2.82. The summed E-state index contributed by atoms with van der Waals surface area (Å²) in [6, 6.07) is 2.59. The van der Waals surface area contributed by atoms with E-state index in [9.17, 15) is 9.18 Å². The highest BCUT2D eigenvalue weighted by Gasteiger charge is 2.20. The average molecular weight is 242 g/mol. The lowest BCUT2D eigenvalue weighted by molar-refractivity contribution is 0.0696. The van der Waals surface area contributed by atoms with E-state index in [1.54, 1.807) is 6.92 Å². The first-order chi connectivity index (χ1) is 8.04. The van der Waals surface area contributed by atoms with Gasteiger partial charge in [0.25, 0.3) is 0 Å². The number of halogens is 1. The number of ether oxygens (including phenoxy) is 2. The fraction of sp³-hybridized carbons (Fsp3) is 0.417. The van der Waals surface area contributed by atoms with Gasteiger partial charge in [-0.3, -0.25) is 0 Å². The van der Waals surface area contributed by atoms with Gasteiger partial charge < -0.3 is 14.6 Å². The summed E-state index contributed by atoms with van der Waals surface area (Å²) >= 11 is 0. The summed E-state index contributed by atoms with van der Waals surface area (Å²) in [5, 5.41) is 8.93. The fourth-order valence-electron chi connectivity index (χ4n) is 1.57. The van der Waals surface area contributed by atoms with Crippen molar-refractivity contribution in [1.29, 1.82) is 0 Å². The van der Waals surface area contributed by atoms with Gasteiger partial charge in [-0.05, 0) is 18.6 Å². The number of rotatable bonds is 5. The molecule has 4 nitrogen and oxygen atoms in total. The maximum Gasteiger partial charge on any atom is 0.335 e. The Labute approximate surface area is 99.0 Å². The van der Waals surface area contributed by atoms with E-state index >= 15 is 0 Å². The molecule has 0 aliphatic carbocycles. The van der Waals surface area contributed by atoms with Gasteiger partial charge in [0.05, 0.1) is 19.8 Å². The standard InChI is InChI=1S/C12H15FO4/c1-4-9(13)8-5-7(12(14)15)6-10(16-2)11(8)17-3/h5-6,9H,4H2,1-3H3,(H,14,15). The lowest BCUT2D eigenvalue weighted by Crippen LogP contribution is -2.04. The molecule has 0 amide bonds. The topological polar surface area (TPSA) is 55.8 Å². The minimum Gasteiger partial charge on any atom is -0.493 e. The van der Waals surface area contributed by atoms with Gasteiger partial charge in [0.2, 0.25) is 0 Å². The number of alkyl halides is 1. The summed E-state index contributed by atoms with van der Waals surface area (Å²) < 4.78 is 23.8. The molecule has 1 aromatic carbocycles. The second kappa shape index (κ2) is 5.52. The van der Waals surface area contributed by atoms with Crippen LogP contribution in [0.3, 0.4) is 0 Å². The third-order valence-corrected chi connectivity index (χ3v) is 2.45. The minimum absolute atomic E-state index is 0.0197. The SMILES string of the molecule is CCC(F)c1cc(C(=O)O)cc(OC)c1OC. The third-order valence-electron chi connectivity index (χ3n) is 2.45. The molecule has 94 valence electrons. The van der Waals surface area contributed by atoms with E-state index in [0.717, 1.165) is 0 Å². The normalized spacial score (nSPS) is 12.0. The molecule has 0 saturated carbocycles. The summed E-state index contributed by atoms with van der Waals surface area (Å²) in [5.74, 6) is -0.666. The van der Waals surface area contributed by atoms with Crippen LogP contribution >= 0.6 is 0 Å². The quantitative estimate of drug-likeness (QED) is 0.862. The van der Waals surface area contributed by atoms with E-state index in [0.29, 0.717) is 0 Å². The van der Waals surface area contributed by atoms with Crippen LogP contribution in [0.4, 0.5) is 4.39 Å². The van der Waals surface area contributed by atoms with E-state index in [-0.39, 0.29) is 29.0 Å². The molecule has 0 fully saturated rings. The van der Waals surface area contributed by atoms with Crippen LogP contribution in [0.2, 0.25) is 0 Å². The Balaban J connectivity index is 3.42. The van der Waals surface area contributed by atoms with Crippen molar-refractivity contribution in [3.8, 4) is 11.5 Å². The highest BCUT2D eigenvalue weighted by molar-refractivity contribution is 5.89. The van der Waals surface area contributed by atoms with E-state index in [2.05, 4.69) is 0 Å². The summed E-state index contributed by atoms with van der Waals surface area (Å²) in [6.07, 6.45) is -1.04. The van der Waals surface area contributed by atoms with Crippen molar-refractivity contribution in [3.05, 3.63) is 23.3 Å². The van der Waals surface area contributed by atoms with Crippen LogP contribution in [0.1, 0.15) is 35.4 Å². The lowest BCUT2D eigenvalue weighted by Gasteiger charge is -2.15. The predicted molar refractivity (Wildman–Crippen MR) is 60.6 cm³/mol. The van der Waals surface area contributed by atoms with Gasteiger partial charge in [-0.25, -0.2) is 9.18 Å². The molecule has 0 bridgehead atoms. The van der Waals surface area contributed by atoms with E-state index in [4.69, 9.17) is 14.6 Å². The number of methoxy groups -OCH3 is 2. The molecule has 1 aromatic rings. The molecule has 5 heteroatoms. The Morgan fingerprint density at radius 1 is 1.41 bits per heavy atom. The van der Waals surface area contributed by atoms with Crippen LogP contribution in [0, 0.1) is 0 Å². The monoisotopic (exact) mass is 242 g/mol. The first-order valence-electron chi connectivity index (χ1n) is 5.18. The number of carbonyl (C=O) groups is 1. The average Bonchev–Trinajstić information content (AvgIpc) is 2.35. The number of hydrogen-bond acceptors (Lipinski definition) is 3. The molecule has 0 aliphatic heterocycles. The summed E-state index contributed by atoms with van der Waals surface area (Å²) in [7, 11) is 2.77. The van der Waals surface area contributed by atoms with E-state index < -0.39 is 12.1 Å². The van der Waals surface area contributed by atoms with Crippen molar-refractivity contribution < 1.29 is 23.8 Å². The zero-order valence-electron chi connectivity index (χ0n) is 9.99. The molecule has 0 aromatic heterocycles. The first-order valence-corrected chi connectivity index (χ1v) is 5.18. The Morgan fingerprint density at radius 2 is 2.06 bits per heavy atom. The number of hydrogen-bond donors (Lipinski definition) is 1. The molecule has 0 aliphatic rings. The van der Waals surface area contributed by atoms with Crippen LogP contribution < -0.4 is 9.47 Å². The first kappa shape index (κ1) is 13.3. The van der Waals surface area contributed by atoms with Crippen LogP contribution in [0.25, 0.3) is 0 Å². The van der Waals surface area contributed by atoms with Gasteiger partial charge in [0.1, 0.15) is 6.17 Å². The molecule has 0 radical (unpaired) electrons. The smallest absolute Gasteiger partial charge is 0.335 e. The Morgan fingerprint density at radius 3 is 2.47 bits per heavy atom. The molecular formula is C12H15FO4. The van der Waals surface area contributed by atoms with Crippen molar-refractivity contribution >= 4 is 5.97 Å². The maximum absolute atomic E-state index is 13.7. The van der Waals surface area contributed by atoms with Crippen molar-refractivity contribution in [2.45, 2.75) is 19.5 Å². The minimum atomic E-state index is -1.28. The van der Waals surface area contributed by atoms with Crippen molar-refractivity contribution in [1.82, 2.24) is 0 Å². The molecular weight excluding hydrogens is 227 g/mol. The highest BCUT2D eigenvalue weighted by atomic mass is 19.1. The van der Waals surface area contributed by atoms with Gasteiger partial charge in [0, 0.05) is 5.56 Å².